The van der Waals surface area contributed by atoms with Crippen molar-refractivity contribution in [3.8, 4) is 0 Å². The highest BCUT2D eigenvalue weighted by molar-refractivity contribution is 5.93. The predicted molar refractivity (Wildman–Crippen MR) is 63.3 cm³/mol. The summed E-state index contributed by atoms with van der Waals surface area (Å²) in [5.41, 5.74) is 2.36. The first-order valence-corrected chi connectivity index (χ1v) is 4.94. The fraction of sp³-hybridized carbons (Fsp3) is 0.0833. The summed E-state index contributed by atoms with van der Waals surface area (Å²) in [6.45, 7) is 0.695. The van der Waals surface area contributed by atoms with Gasteiger partial charge in [0.1, 0.15) is 6.67 Å². The fourth-order valence-corrected chi connectivity index (χ4v) is 1.86. The molecular formula is C12H11N3. The molecule has 2 heterocycles. The van der Waals surface area contributed by atoms with E-state index < -0.39 is 0 Å². The Morgan fingerprint density at radius 3 is 3.13 bits per heavy atom. The highest BCUT2D eigenvalue weighted by Gasteiger charge is 2.08. The molecule has 1 aliphatic rings. The van der Waals surface area contributed by atoms with Crippen LogP contribution in [0, 0.1) is 0 Å². The third-order valence-corrected chi connectivity index (χ3v) is 2.57. The Morgan fingerprint density at radius 2 is 2.27 bits per heavy atom. The molecule has 3 heteroatoms. The number of rotatable bonds is 1. The topological polar surface area (TPSA) is 31.4 Å². The van der Waals surface area contributed by atoms with E-state index in [9.17, 15) is 0 Å². The van der Waals surface area contributed by atoms with Gasteiger partial charge in [-0.1, -0.05) is 6.07 Å². The van der Waals surface area contributed by atoms with Crippen molar-refractivity contribution in [2.75, 3.05) is 11.6 Å². The van der Waals surface area contributed by atoms with Crippen LogP contribution in [0.3, 0.4) is 0 Å². The number of aromatic amines is 1. The number of fused-ring (bicyclic) bond motifs is 1. The van der Waals surface area contributed by atoms with Gasteiger partial charge in [-0.05, 0) is 24.3 Å². The Labute approximate surface area is 87.7 Å². The van der Waals surface area contributed by atoms with Gasteiger partial charge < -0.3 is 9.88 Å². The molecule has 2 aromatic rings. The van der Waals surface area contributed by atoms with Crippen LogP contribution in [0.1, 0.15) is 0 Å². The van der Waals surface area contributed by atoms with Gasteiger partial charge in [0.05, 0.1) is 5.69 Å². The second kappa shape index (κ2) is 3.28. The average Bonchev–Trinajstić information content (AvgIpc) is 2.78. The maximum atomic E-state index is 4.23. The molecule has 1 N–H and O–H groups in total. The van der Waals surface area contributed by atoms with Crippen molar-refractivity contribution < 1.29 is 0 Å². The summed E-state index contributed by atoms with van der Waals surface area (Å²) in [5, 5.41) is 1.24. The van der Waals surface area contributed by atoms with Crippen LogP contribution < -0.4 is 4.90 Å². The third-order valence-electron chi connectivity index (χ3n) is 2.57. The van der Waals surface area contributed by atoms with Crippen molar-refractivity contribution >= 4 is 22.8 Å². The minimum atomic E-state index is 0.695. The summed E-state index contributed by atoms with van der Waals surface area (Å²) >= 11 is 0. The molecule has 0 radical (unpaired) electrons. The first-order chi connectivity index (χ1) is 7.45. The van der Waals surface area contributed by atoms with Gasteiger partial charge in [0.25, 0.3) is 0 Å². The highest BCUT2D eigenvalue weighted by atomic mass is 15.2. The molecule has 0 unspecified atom stereocenters. The van der Waals surface area contributed by atoms with Gasteiger partial charge in [-0.2, -0.15) is 0 Å². The van der Waals surface area contributed by atoms with Gasteiger partial charge in [0.15, 0.2) is 0 Å². The molecule has 0 spiro atoms. The number of nitrogens with one attached hydrogen (secondary N) is 1. The van der Waals surface area contributed by atoms with E-state index in [0.29, 0.717) is 6.67 Å². The molecule has 1 aromatic carbocycles. The summed E-state index contributed by atoms with van der Waals surface area (Å²) in [6.07, 6.45) is 7.79. The number of allylic oxidation sites excluding steroid dienone is 1. The summed E-state index contributed by atoms with van der Waals surface area (Å²) in [6, 6.07) is 8.34. The van der Waals surface area contributed by atoms with Gasteiger partial charge in [-0.3, -0.25) is 4.99 Å². The zero-order chi connectivity index (χ0) is 10.1. The number of hydrogen-bond donors (Lipinski definition) is 1. The van der Waals surface area contributed by atoms with Crippen molar-refractivity contribution in [3.05, 3.63) is 42.7 Å². The van der Waals surface area contributed by atoms with Crippen LogP contribution in [-0.4, -0.2) is 17.9 Å². The van der Waals surface area contributed by atoms with Gasteiger partial charge in [-0.25, -0.2) is 0 Å². The maximum Gasteiger partial charge on any atom is 0.114 e. The lowest BCUT2D eigenvalue weighted by atomic mass is 10.2. The van der Waals surface area contributed by atoms with Crippen LogP contribution >= 0.6 is 0 Å². The first-order valence-electron chi connectivity index (χ1n) is 4.94. The van der Waals surface area contributed by atoms with E-state index in [1.807, 2.05) is 18.5 Å². The number of aliphatic imine (C=N–C) groups is 1. The Hall–Kier alpha value is -2.03. The molecule has 1 aliphatic heterocycles. The molecule has 3 rings (SSSR count). The third kappa shape index (κ3) is 1.32. The second-order valence-corrected chi connectivity index (χ2v) is 3.50. The van der Waals surface area contributed by atoms with Crippen LogP contribution in [0.15, 0.2) is 47.7 Å². The molecule has 0 aliphatic carbocycles. The van der Waals surface area contributed by atoms with Crippen LogP contribution in [0.5, 0.6) is 0 Å². The van der Waals surface area contributed by atoms with Crippen LogP contribution in [0.4, 0.5) is 5.69 Å². The highest BCUT2D eigenvalue weighted by Crippen LogP contribution is 2.26. The van der Waals surface area contributed by atoms with Crippen molar-refractivity contribution in [1.82, 2.24) is 4.98 Å². The number of aromatic nitrogens is 1. The van der Waals surface area contributed by atoms with Crippen molar-refractivity contribution in [3.63, 3.8) is 0 Å². The maximum absolute atomic E-state index is 4.23. The van der Waals surface area contributed by atoms with E-state index in [1.54, 1.807) is 0 Å². The molecule has 0 saturated carbocycles. The second-order valence-electron chi connectivity index (χ2n) is 3.50. The number of benzene rings is 1. The SMILES string of the molecule is C1=CN(c2cccc3[nH]ccc23)CN=C1. The molecule has 0 bridgehead atoms. The largest absolute Gasteiger partial charge is 0.361 e. The van der Waals surface area contributed by atoms with Crippen LogP contribution in [0.25, 0.3) is 10.9 Å². The molecular weight excluding hydrogens is 186 g/mol. The van der Waals surface area contributed by atoms with Crippen molar-refractivity contribution in [2.24, 2.45) is 4.99 Å². The Bertz CT molecular complexity index is 537. The molecule has 3 nitrogen and oxygen atoms in total. The summed E-state index contributed by atoms with van der Waals surface area (Å²) in [4.78, 5) is 9.57. The molecule has 0 atom stereocenters. The lowest BCUT2D eigenvalue weighted by Gasteiger charge is -2.20. The van der Waals surface area contributed by atoms with Crippen LogP contribution in [-0.2, 0) is 0 Å². The normalized spacial score (nSPS) is 15.1. The number of nitrogens with zero attached hydrogens (tertiary/aromatic N) is 2. The minimum absolute atomic E-state index is 0.695. The average molecular weight is 197 g/mol. The van der Waals surface area contributed by atoms with E-state index >= 15 is 0 Å². The van der Waals surface area contributed by atoms with E-state index in [1.165, 1.54) is 11.1 Å². The number of H-pyrrole nitrogens is 1. The van der Waals surface area contributed by atoms with E-state index in [-0.39, 0.29) is 0 Å². The molecule has 0 amide bonds. The van der Waals surface area contributed by atoms with Gasteiger partial charge in [0, 0.05) is 29.5 Å². The molecule has 1 aromatic heterocycles. The Balaban J connectivity index is 2.13. The van der Waals surface area contributed by atoms with Gasteiger partial charge in [0.2, 0.25) is 0 Å². The van der Waals surface area contributed by atoms with E-state index in [2.05, 4.69) is 45.3 Å². The quantitative estimate of drug-likeness (QED) is 0.748. The minimum Gasteiger partial charge on any atom is -0.361 e. The lowest BCUT2D eigenvalue weighted by molar-refractivity contribution is 0.975. The lowest BCUT2D eigenvalue weighted by Crippen LogP contribution is -2.18. The van der Waals surface area contributed by atoms with Crippen LogP contribution in [0.2, 0.25) is 0 Å². The molecule has 15 heavy (non-hydrogen) atoms. The number of anilines is 1. The standard InChI is InChI=1S/C12H11N3/c1-3-11-10(5-7-14-11)12(4-1)15-8-2-6-13-9-15/h1-8,14H,9H2. The molecule has 0 fully saturated rings. The van der Waals surface area contributed by atoms with E-state index in [0.717, 1.165) is 5.52 Å². The van der Waals surface area contributed by atoms with E-state index in [4.69, 9.17) is 0 Å². The fourth-order valence-electron chi connectivity index (χ4n) is 1.86. The number of hydrogen-bond acceptors (Lipinski definition) is 2. The van der Waals surface area contributed by atoms with Gasteiger partial charge >= 0.3 is 0 Å². The Morgan fingerprint density at radius 1 is 1.27 bits per heavy atom. The zero-order valence-corrected chi connectivity index (χ0v) is 8.22. The predicted octanol–water partition coefficient (Wildman–Crippen LogP) is 2.53. The molecule has 0 saturated heterocycles. The first kappa shape index (κ1) is 8.29. The monoisotopic (exact) mass is 197 g/mol. The van der Waals surface area contributed by atoms with Crippen molar-refractivity contribution in [1.29, 1.82) is 0 Å². The zero-order valence-electron chi connectivity index (χ0n) is 8.22. The smallest absolute Gasteiger partial charge is 0.114 e. The molecule has 74 valence electrons. The summed E-state index contributed by atoms with van der Waals surface area (Å²) < 4.78 is 0. The van der Waals surface area contributed by atoms with Gasteiger partial charge in [-0.15, -0.1) is 0 Å². The summed E-state index contributed by atoms with van der Waals surface area (Å²) in [5.74, 6) is 0. The summed E-state index contributed by atoms with van der Waals surface area (Å²) in [7, 11) is 0. The van der Waals surface area contributed by atoms with Crippen molar-refractivity contribution in [2.45, 2.75) is 0 Å². The Kier molecular flexibility index (Phi) is 1.81.